The number of nitrogens with zero attached hydrogens (tertiary/aromatic N) is 1. The molecule has 7 heteroatoms. The zero-order valence-electron chi connectivity index (χ0n) is 24.0. The SMILES string of the molecule is Cc1ccc2c(C(=O)c3ccc(OCCN4CCCCC4)cc3)c(-c3ccc(OC(=O)c4ccccc4)c(F)c3)sc2c1. The first-order chi connectivity index (χ1) is 21.0. The zero-order valence-corrected chi connectivity index (χ0v) is 24.8. The topological polar surface area (TPSA) is 55.8 Å². The summed E-state index contributed by atoms with van der Waals surface area (Å²) >= 11 is 1.44. The molecule has 0 radical (unpaired) electrons. The van der Waals surface area contributed by atoms with Crippen molar-refractivity contribution in [1.82, 2.24) is 4.90 Å². The third-order valence-corrected chi connectivity index (χ3v) is 8.92. The summed E-state index contributed by atoms with van der Waals surface area (Å²) in [6.07, 6.45) is 3.79. The van der Waals surface area contributed by atoms with Crippen LogP contribution in [0.25, 0.3) is 20.5 Å². The summed E-state index contributed by atoms with van der Waals surface area (Å²) in [7, 11) is 0. The molecule has 218 valence electrons. The highest BCUT2D eigenvalue weighted by Gasteiger charge is 2.23. The van der Waals surface area contributed by atoms with Gasteiger partial charge in [-0.2, -0.15) is 0 Å². The van der Waals surface area contributed by atoms with Crippen LogP contribution in [0.1, 0.15) is 51.1 Å². The number of likely N-dealkylation sites (tertiary alicyclic amines) is 1. The minimum atomic E-state index is -0.681. The van der Waals surface area contributed by atoms with Crippen LogP contribution in [-0.4, -0.2) is 42.9 Å². The van der Waals surface area contributed by atoms with Gasteiger partial charge < -0.3 is 9.47 Å². The van der Waals surface area contributed by atoms with E-state index in [9.17, 15) is 9.59 Å². The molecule has 1 saturated heterocycles. The molecule has 0 atom stereocenters. The maximum absolute atomic E-state index is 15.3. The standard InChI is InChI=1S/C36H32FNO4S/c1-24-10-16-29-32(22-24)43-35(27-13-17-31(30(37)23-27)42-36(40)26-8-4-2-5-9-26)33(29)34(39)25-11-14-28(15-12-25)41-21-20-38-18-6-3-7-19-38/h2,4-5,8-17,22-23H,3,6-7,18-21H2,1H3. The van der Waals surface area contributed by atoms with Crippen molar-refractivity contribution >= 4 is 33.2 Å². The van der Waals surface area contributed by atoms with Crippen LogP contribution in [0, 0.1) is 12.7 Å². The van der Waals surface area contributed by atoms with Crippen molar-refractivity contribution in [2.45, 2.75) is 26.2 Å². The Labute approximate surface area is 254 Å². The highest BCUT2D eigenvalue weighted by atomic mass is 32.1. The van der Waals surface area contributed by atoms with E-state index in [1.54, 1.807) is 48.5 Å². The van der Waals surface area contributed by atoms with Crippen molar-refractivity contribution in [2.24, 2.45) is 0 Å². The number of benzene rings is 4. The van der Waals surface area contributed by atoms with Crippen LogP contribution < -0.4 is 9.47 Å². The molecule has 0 bridgehead atoms. The summed E-state index contributed by atoms with van der Waals surface area (Å²) < 4.78 is 27.5. The molecule has 1 aromatic heterocycles. The number of esters is 1. The fourth-order valence-corrected chi connectivity index (χ4v) is 6.71. The molecule has 0 saturated carbocycles. The Balaban J connectivity index is 1.25. The molecule has 0 spiro atoms. The van der Waals surface area contributed by atoms with Gasteiger partial charge in [-0.25, -0.2) is 9.18 Å². The van der Waals surface area contributed by atoms with E-state index in [4.69, 9.17) is 9.47 Å². The zero-order chi connectivity index (χ0) is 29.8. The Morgan fingerprint density at radius 1 is 0.860 bits per heavy atom. The molecule has 0 aliphatic carbocycles. The molecule has 5 nitrogen and oxygen atoms in total. The molecule has 6 rings (SSSR count). The third kappa shape index (κ3) is 6.53. The van der Waals surface area contributed by atoms with Gasteiger partial charge >= 0.3 is 5.97 Å². The normalized spacial score (nSPS) is 13.6. The molecule has 0 amide bonds. The van der Waals surface area contributed by atoms with E-state index in [1.165, 1.54) is 42.7 Å². The first-order valence-corrected chi connectivity index (χ1v) is 15.4. The summed E-state index contributed by atoms with van der Waals surface area (Å²) in [6.45, 7) is 5.75. The smallest absolute Gasteiger partial charge is 0.343 e. The Morgan fingerprint density at radius 3 is 2.37 bits per heavy atom. The fourth-order valence-electron chi connectivity index (χ4n) is 5.41. The van der Waals surface area contributed by atoms with E-state index >= 15 is 4.39 Å². The fraction of sp³-hybridized carbons (Fsp3) is 0.222. The molecular weight excluding hydrogens is 561 g/mol. The van der Waals surface area contributed by atoms with Gasteiger partial charge in [0.15, 0.2) is 17.3 Å². The summed E-state index contributed by atoms with van der Waals surface area (Å²) in [5.41, 5.74) is 2.99. The number of halogens is 1. The number of piperidine rings is 1. The predicted molar refractivity (Wildman–Crippen MR) is 169 cm³/mol. The first-order valence-electron chi connectivity index (χ1n) is 14.6. The first kappa shape index (κ1) is 28.8. The number of hydrogen-bond acceptors (Lipinski definition) is 6. The Morgan fingerprint density at radius 2 is 1.63 bits per heavy atom. The highest BCUT2D eigenvalue weighted by molar-refractivity contribution is 7.22. The van der Waals surface area contributed by atoms with E-state index in [0.29, 0.717) is 33.7 Å². The second-order valence-corrected chi connectivity index (χ2v) is 11.9. The van der Waals surface area contributed by atoms with Gasteiger partial charge in [0.05, 0.1) is 5.56 Å². The molecule has 43 heavy (non-hydrogen) atoms. The molecule has 5 aromatic rings. The van der Waals surface area contributed by atoms with Gasteiger partial charge in [0.1, 0.15) is 12.4 Å². The Bertz CT molecular complexity index is 1760. The number of thiophene rings is 1. The molecule has 2 heterocycles. The molecule has 0 N–H and O–H groups in total. The van der Waals surface area contributed by atoms with Crippen molar-refractivity contribution < 1.29 is 23.5 Å². The summed E-state index contributed by atoms with van der Waals surface area (Å²) in [4.78, 5) is 29.6. The van der Waals surface area contributed by atoms with Crippen LogP contribution in [-0.2, 0) is 0 Å². The van der Waals surface area contributed by atoms with Gasteiger partial charge in [-0.05, 0) is 105 Å². The number of carbonyl (C=O) groups is 2. The molecule has 0 unspecified atom stereocenters. The van der Waals surface area contributed by atoms with Crippen molar-refractivity contribution in [3.05, 3.63) is 119 Å². The number of aryl methyl sites for hydroxylation is 1. The monoisotopic (exact) mass is 593 g/mol. The number of ketones is 1. The van der Waals surface area contributed by atoms with E-state index in [2.05, 4.69) is 4.90 Å². The van der Waals surface area contributed by atoms with Crippen LogP contribution in [0.4, 0.5) is 4.39 Å². The van der Waals surface area contributed by atoms with Gasteiger partial charge in [-0.3, -0.25) is 9.69 Å². The van der Waals surface area contributed by atoms with Crippen molar-refractivity contribution in [3.8, 4) is 21.9 Å². The summed E-state index contributed by atoms with van der Waals surface area (Å²) in [5.74, 6) is -0.912. The maximum Gasteiger partial charge on any atom is 0.343 e. The van der Waals surface area contributed by atoms with Gasteiger partial charge in [0.2, 0.25) is 0 Å². The van der Waals surface area contributed by atoms with Crippen LogP contribution in [0.15, 0.2) is 91.0 Å². The number of rotatable bonds is 9. The summed E-state index contributed by atoms with van der Waals surface area (Å²) in [5, 5.41) is 0.817. The van der Waals surface area contributed by atoms with E-state index in [-0.39, 0.29) is 11.5 Å². The van der Waals surface area contributed by atoms with Crippen LogP contribution >= 0.6 is 11.3 Å². The van der Waals surface area contributed by atoms with E-state index < -0.39 is 11.8 Å². The number of ether oxygens (including phenoxy) is 2. The van der Waals surface area contributed by atoms with E-state index in [1.807, 2.05) is 37.3 Å². The van der Waals surface area contributed by atoms with Crippen molar-refractivity contribution in [3.63, 3.8) is 0 Å². The number of hydrogen-bond donors (Lipinski definition) is 0. The van der Waals surface area contributed by atoms with Gasteiger partial charge in [-0.15, -0.1) is 11.3 Å². The molecular formula is C36H32FNO4S. The predicted octanol–water partition coefficient (Wildman–Crippen LogP) is 8.33. The van der Waals surface area contributed by atoms with Gasteiger partial charge in [0.25, 0.3) is 0 Å². The second kappa shape index (κ2) is 12.9. The minimum Gasteiger partial charge on any atom is -0.492 e. The quantitative estimate of drug-likeness (QED) is 0.0977. The Hall–Kier alpha value is -4.33. The van der Waals surface area contributed by atoms with Crippen molar-refractivity contribution in [1.29, 1.82) is 0 Å². The molecule has 4 aromatic carbocycles. The van der Waals surface area contributed by atoms with Crippen LogP contribution in [0.5, 0.6) is 11.5 Å². The average molecular weight is 594 g/mol. The number of fused-ring (bicyclic) bond motifs is 1. The highest BCUT2D eigenvalue weighted by Crippen LogP contribution is 2.41. The van der Waals surface area contributed by atoms with Crippen LogP contribution in [0.2, 0.25) is 0 Å². The lowest BCUT2D eigenvalue weighted by Crippen LogP contribution is -2.33. The lowest BCUT2D eigenvalue weighted by molar-refractivity contribution is 0.0727. The maximum atomic E-state index is 15.3. The minimum absolute atomic E-state index is 0.148. The average Bonchev–Trinajstić information content (AvgIpc) is 3.41. The van der Waals surface area contributed by atoms with Crippen molar-refractivity contribution in [2.75, 3.05) is 26.2 Å². The third-order valence-electron chi connectivity index (χ3n) is 7.72. The Kier molecular flexibility index (Phi) is 8.63. The number of carbonyl (C=O) groups excluding carboxylic acids is 2. The molecule has 1 aliphatic rings. The van der Waals surface area contributed by atoms with Crippen LogP contribution in [0.3, 0.4) is 0 Å². The second-order valence-electron chi connectivity index (χ2n) is 10.8. The lowest BCUT2D eigenvalue weighted by atomic mass is 9.97. The van der Waals surface area contributed by atoms with Gasteiger partial charge in [0, 0.05) is 32.6 Å². The van der Waals surface area contributed by atoms with E-state index in [0.717, 1.165) is 41.0 Å². The molecule has 1 fully saturated rings. The largest absolute Gasteiger partial charge is 0.492 e. The summed E-state index contributed by atoms with van der Waals surface area (Å²) in [6, 6.07) is 26.1. The molecule has 1 aliphatic heterocycles. The van der Waals surface area contributed by atoms with Gasteiger partial charge in [-0.1, -0.05) is 36.8 Å². The lowest BCUT2D eigenvalue weighted by Gasteiger charge is -2.26.